The maximum Gasteiger partial charge on any atom is 0.425 e. The molecule has 13 aromatic rings. The number of aromatic nitrogens is 1. The van der Waals surface area contributed by atoms with Crippen LogP contribution in [0.15, 0.2) is 292 Å². The SMILES string of the molecule is Nc1ccc2cc(S(=O)(=O)O)cc(O)c2c1.Nc1ccc2cc(S(=O)(=O)O)cc(S(=O)(=O)O)c2c1.O=S(=O)(O)c1ccc2c(S(=O)(=O)O)cccc2c1.O=S(=O)(O)c1ccc2ccccc2c1.O=S(=O)(O)c1cccc2c(S(=O)(=O)O)cccc12.O=S(=O)(O)c1cccc2ccccc12.O=S(=O)(O)c1cccnc1.O=S(=O)=O. The first kappa shape index (κ1) is 91.3. The molecule has 0 saturated carbocycles. The van der Waals surface area contributed by atoms with Crippen LogP contribution in [0.4, 0.5) is 11.4 Å². The third kappa shape index (κ3) is 26.3. The summed E-state index contributed by atoms with van der Waals surface area (Å²) in [7, 11) is -46.7. The number of rotatable bonds is 10. The summed E-state index contributed by atoms with van der Waals surface area (Å²) in [5.74, 6) is -0.238. The Bertz CT molecular complexity index is 7130. The molecule has 13 rings (SSSR count). The molecule has 113 heavy (non-hydrogen) atoms. The summed E-state index contributed by atoms with van der Waals surface area (Å²) in [5.41, 5.74) is 11.8. The molecule has 0 bridgehead atoms. The van der Waals surface area contributed by atoms with Crippen LogP contribution in [0, 0.1) is 0 Å². The van der Waals surface area contributed by atoms with Crippen molar-refractivity contribution in [3.63, 3.8) is 0 Å². The molecule has 0 unspecified atom stereocenters. The first-order valence-corrected chi connectivity index (χ1v) is 45.1. The lowest BCUT2D eigenvalue weighted by molar-refractivity contribution is 0.470. The van der Waals surface area contributed by atoms with E-state index in [9.17, 15) is 89.3 Å². The maximum absolute atomic E-state index is 11.3. The monoisotopic (exact) mass is 1770 g/mol. The van der Waals surface area contributed by atoms with Gasteiger partial charge < -0.3 is 16.6 Å². The number of aromatic hydroxyl groups is 1. The summed E-state index contributed by atoms with van der Waals surface area (Å²) in [6.07, 6.45) is 2.50. The van der Waals surface area contributed by atoms with Gasteiger partial charge in [0.25, 0.3) is 101 Å². The van der Waals surface area contributed by atoms with Gasteiger partial charge in [-0.25, -0.2) is 0 Å². The van der Waals surface area contributed by atoms with E-state index in [-0.39, 0.29) is 73.1 Å². The molecule has 0 radical (unpaired) electrons. The van der Waals surface area contributed by atoms with Crippen molar-refractivity contribution in [1.82, 2.24) is 4.98 Å². The molecule has 0 fully saturated rings. The molecule has 37 nitrogen and oxygen atoms in total. The van der Waals surface area contributed by atoms with Gasteiger partial charge in [-0.05, 0) is 135 Å². The molecular formula is C65H55N3O34S11. The summed E-state index contributed by atoms with van der Waals surface area (Å²) in [6, 6.07) is 54.1. The predicted octanol–water partition coefficient (Wildman–Crippen LogP) is 8.45. The molecule has 12 aromatic carbocycles. The standard InChI is InChI=1S/C10H9NO6S2.C10H9NO4S.2C10H8O6S2.2C10H8O3S.C5H5NO3S.O3S/c11-7-2-1-6-3-8(18(12,13)14)5-10(9(6)4-7)19(15,16)17;11-7-2-1-6-3-8(16(13,14)15)5-10(12)9(6)4-7;11-17(12,13)9-5-1-3-7-8(9)4-2-6-10(7)18(14,15)16;11-17(12,13)8-4-5-9-7(6-8)2-1-3-10(9)18(14,15)16;11-14(12,13)10-7-3-5-8-4-1-2-6-9(8)10;11-14(12,13)10-6-5-8-3-1-2-4-9(8)7-10;7-10(8,9)5-2-1-3-6-4-5;1-4(2)3/h1-5H,11H2,(H,12,13,14)(H,15,16,17);1-5,12H,11H2,(H,13,14,15);2*1-6H,(H,11,12,13)(H,14,15,16);2*1-7H,(H,11,12,13);1-4H,(H,7,8,9);. The average Bonchev–Trinajstić information content (AvgIpc) is 0.775. The van der Waals surface area contributed by atoms with Gasteiger partial charge in [0.05, 0.1) is 19.6 Å². The van der Waals surface area contributed by atoms with Crippen molar-refractivity contribution in [3.05, 3.63) is 243 Å². The molecule has 0 spiro atoms. The number of pyridine rings is 1. The third-order valence-electron chi connectivity index (χ3n) is 14.5. The molecule has 600 valence electrons. The fourth-order valence-corrected chi connectivity index (χ4v) is 15.9. The van der Waals surface area contributed by atoms with Gasteiger partial charge in [0.15, 0.2) is 0 Å². The number of phenolic OH excluding ortho intramolecular Hbond substituents is 1. The number of fused-ring (bicyclic) bond motifs is 6. The quantitative estimate of drug-likeness (QED) is 0.0451. The fourth-order valence-electron chi connectivity index (χ4n) is 9.72. The summed E-state index contributed by atoms with van der Waals surface area (Å²) in [5, 5.41) is 14.4. The first-order valence-electron chi connectivity index (χ1n) is 29.7. The Labute approximate surface area is 644 Å². The Balaban J connectivity index is 0.000000205. The van der Waals surface area contributed by atoms with E-state index >= 15 is 0 Å². The van der Waals surface area contributed by atoms with Gasteiger partial charge in [0.1, 0.15) is 35.1 Å². The smallest absolute Gasteiger partial charge is 0.425 e. The van der Waals surface area contributed by atoms with Gasteiger partial charge >= 0.3 is 10.6 Å². The lowest BCUT2D eigenvalue weighted by Crippen LogP contribution is -2.04. The van der Waals surface area contributed by atoms with Gasteiger partial charge in [-0.1, -0.05) is 121 Å². The molecule has 0 aliphatic heterocycles. The number of anilines is 2. The van der Waals surface area contributed by atoms with Crippen molar-refractivity contribution in [1.29, 1.82) is 0 Å². The van der Waals surface area contributed by atoms with Crippen LogP contribution < -0.4 is 11.5 Å². The number of nitrogens with two attached hydrogens (primary N) is 2. The van der Waals surface area contributed by atoms with E-state index in [1.807, 2.05) is 24.3 Å². The van der Waals surface area contributed by atoms with Crippen LogP contribution in [0.3, 0.4) is 0 Å². The summed E-state index contributed by atoms with van der Waals surface area (Å²) >= 11 is 0. The fraction of sp³-hybridized carbons (Fsp3) is 0. The molecule has 0 atom stereocenters. The first-order chi connectivity index (χ1) is 51.9. The molecule has 0 amide bonds. The van der Waals surface area contributed by atoms with Crippen LogP contribution in [0.2, 0.25) is 0 Å². The summed E-state index contributed by atoms with van der Waals surface area (Å²) < 4.78 is 334. The second-order valence-corrected chi connectivity index (χ2v) is 36.7. The number of benzene rings is 12. The van der Waals surface area contributed by atoms with Gasteiger partial charge in [0.2, 0.25) is 0 Å². The van der Waals surface area contributed by atoms with Crippen molar-refractivity contribution < 1.29 is 147 Å². The maximum atomic E-state index is 11.3. The zero-order valence-corrected chi connectivity index (χ0v) is 65.0. The highest BCUT2D eigenvalue weighted by molar-refractivity contribution is 7.88. The van der Waals surface area contributed by atoms with Gasteiger partial charge in [0, 0.05) is 62.2 Å². The minimum absolute atomic E-state index is 0.0233. The van der Waals surface area contributed by atoms with E-state index in [0.29, 0.717) is 27.9 Å². The molecule has 15 N–H and O–H groups in total. The summed E-state index contributed by atoms with van der Waals surface area (Å²) in [4.78, 5) is 0.115. The van der Waals surface area contributed by atoms with Crippen LogP contribution in [0.1, 0.15) is 0 Å². The zero-order chi connectivity index (χ0) is 85.0. The number of phenols is 1. The van der Waals surface area contributed by atoms with Crippen molar-refractivity contribution in [2.75, 3.05) is 11.5 Å². The van der Waals surface area contributed by atoms with Gasteiger partial charge in [-0.15, -0.1) is 12.6 Å². The Morgan fingerprint density at radius 2 is 0.549 bits per heavy atom. The van der Waals surface area contributed by atoms with E-state index < -0.39 is 131 Å². The lowest BCUT2D eigenvalue weighted by Gasteiger charge is -2.07. The van der Waals surface area contributed by atoms with Crippen molar-refractivity contribution in [2.24, 2.45) is 0 Å². The zero-order valence-electron chi connectivity index (χ0n) is 56.0. The lowest BCUT2D eigenvalue weighted by atomic mass is 10.1. The Morgan fingerprint density at radius 3 is 0.965 bits per heavy atom. The second-order valence-electron chi connectivity index (χ2n) is 22.2. The molecule has 0 saturated heterocycles. The van der Waals surface area contributed by atoms with Crippen molar-refractivity contribution in [3.8, 4) is 5.75 Å². The Morgan fingerprint density at radius 1 is 0.239 bits per heavy atom. The van der Waals surface area contributed by atoms with E-state index in [4.69, 9.17) is 69.6 Å². The topological polar surface area (TPSA) is 680 Å². The molecule has 1 heterocycles. The number of nitrogen functional groups attached to an aromatic ring is 2. The minimum Gasteiger partial charge on any atom is -0.507 e. The average molecular weight is 1770 g/mol. The second kappa shape index (κ2) is 36.1. The number of hydrogen-bond donors (Lipinski definition) is 13. The largest absolute Gasteiger partial charge is 0.507 e. The van der Waals surface area contributed by atoms with E-state index in [2.05, 4.69) is 4.98 Å². The molecular weight excluding hydrogens is 1720 g/mol. The van der Waals surface area contributed by atoms with Gasteiger partial charge in [-0.3, -0.25) is 50.5 Å². The molecule has 48 heteroatoms. The van der Waals surface area contributed by atoms with E-state index in [0.717, 1.165) is 58.8 Å². The van der Waals surface area contributed by atoms with Crippen LogP contribution >= 0.6 is 0 Å². The minimum atomic E-state index is -4.66. The van der Waals surface area contributed by atoms with Crippen LogP contribution in [0.25, 0.3) is 64.6 Å². The normalized spacial score (nSPS) is 12.0. The summed E-state index contributed by atoms with van der Waals surface area (Å²) in [6.45, 7) is 0. The molecule has 0 aliphatic rings. The highest BCUT2D eigenvalue weighted by Crippen LogP contribution is 2.33. The Kier molecular flexibility index (Phi) is 29.2. The van der Waals surface area contributed by atoms with E-state index in [1.165, 1.54) is 115 Å². The van der Waals surface area contributed by atoms with Gasteiger partial charge in [-0.2, -0.15) is 84.2 Å². The third-order valence-corrected chi connectivity index (χ3v) is 23.2. The highest BCUT2D eigenvalue weighted by Gasteiger charge is 2.23. The van der Waals surface area contributed by atoms with Crippen LogP contribution in [-0.4, -0.2) is 152 Å². The molecule has 0 aliphatic carbocycles. The number of nitrogens with zero attached hydrogens (tertiary/aromatic N) is 1. The van der Waals surface area contributed by atoms with Crippen LogP contribution in [0.5, 0.6) is 5.75 Å². The van der Waals surface area contributed by atoms with Crippen molar-refractivity contribution >= 4 is 188 Å². The Hall–Kier alpha value is -10.5. The van der Waals surface area contributed by atoms with Crippen molar-refractivity contribution in [2.45, 2.75) is 49.0 Å². The van der Waals surface area contributed by atoms with Crippen LogP contribution in [-0.2, 0) is 112 Å². The molecule has 1 aromatic heterocycles. The number of hydrogen-bond acceptors (Lipinski definition) is 27. The van der Waals surface area contributed by atoms with E-state index in [1.54, 1.807) is 54.6 Å². The predicted molar refractivity (Wildman–Crippen MR) is 406 cm³/mol. The highest BCUT2D eigenvalue weighted by atomic mass is 32.3.